The molecule has 0 bridgehead atoms. The first-order valence-corrected chi connectivity index (χ1v) is 9.21. The second-order valence-electron chi connectivity index (χ2n) is 7.79. The van der Waals surface area contributed by atoms with Crippen LogP contribution in [0.4, 0.5) is 22.0 Å². The molecular weight excluding hydrogens is 360 g/mol. The number of fused-ring (bicyclic) bond motifs is 1. The Balaban J connectivity index is 1.71. The number of nitrogens with zero attached hydrogens (tertiary/aromatic N) is 2. The van der Waals surface area contributed by atoms with E-state index in [-0.39, 0.29) is 11.7 Å². The first-order chi connectivity index (χ1) is 13.2. The van der Waals surface area contributed by atoms with Crippen LogP contribution in [0.25, 0.3) is 0 Å². The van der Waals surface area contributed by atoms with Gasteiger partial charge in [-0.05, 0) is 69.4 Å². The molecule has 0 saturated carbocycles. The van der Waals surface area contributed by atoms with E-state index < -0.39 is 16.6 Å². The molecule has 1 aromatic carbocycles. The van der Waals surface area contributed by atoms with Gasteiger partial charge in [0.2, 0.25) is 0 Å². The molecule has 1 aliphatic carbocycles. The molecule has 1 heterocycles. The van der Waals surface area contributed by atoms with E-state index in [9.17, 15) is 14.9 Å². The van der Waals surface area contributed by atoms with Crippen molar-refractivity contribution >= 4 is 23.3 Å². The summed E-state index contributed by atoms with van der Waals surface area (Å²) in [5.74, 6) is 0.597. The van der Waals surface area contributed by atoms with E-state index in [0.717, 1.165) is 30.4 Å². The first-order valence-electron chi connectivity index (χ1n) is 9.21. The third-order valence-electron chi connectivity index (χ3n) is 4.38. The third-order valence-corrected chi connectivity index (χ3v) is 4.38. The maximum Gasteiger partial charge on any atom is 0.412 e. The van der Waals surface area contributed by atoms with E-state index in [2.05, 4.69) is 15.6 Å². The van der Waals surface area contributed by atoms with E-state index in [1.54, 1.807) is 6.07 Å². The highest BCUT2D eigenvalue weighted by atomic mass is 16.6. The van der Waals surface area contributed by atoms with Gasteiger partial charge in [0, 0.05) is 11.8 Å². The Hall–Kier alpha value is -3.16. The summed E-state index contributed by atoms with van der Waals surface area (Å²) in [7, 11) is 0. The molecule has 2 N–H and O–H groups in total. The van der Waals surface area contributed by atoms with E-state index in [4.69, 9.17) is 4.74 Å². The van der Waals surface area contributed by atoms with Crippen LogP contribution in [0.15, 0.2) is 36.5 Å². The van der Waals surface area contributed by atoms with Crippen molar-refractivity contribution in [3.05, 3.63) is 57.8 Å². The predicted molar refractivity (Wildman–Crippen MR) is 106 cm³/mol. The zero-order valence-corrected chi connectivity index (χ0v) is 16.2. The van der Waals surface area contributed by atoms with Crippen molar-refractivity contribution < 1.29 is 14.5 Å². The molecule has 1 aromatic heterocycles. The van der Waals surface area contributed by atoms with Crippen molar-refractivity contribution in [2.24, 2.45) is 0 Å². The van der Waals surface area contributed by atoms with Crippen LogP contribution in [0.2, 0.25) is 0 Å². The summed E-state index contributed by atoms with van der Waals surface area (Å²) < 4.78 is 5.29. The number of rotatable bonds is 4. The van der Waals surface area contributed by atoms with Crippen LogP contribution >= 0.6 is 0 Å². The molecular formula is C20H24N4O4. The number of ether oxygens (including phenoxy) is 1. The smallest absolute Gasteiger partial charge is 0.412 e. The molecule has 8 nitrogen and oxygen atoms in total. The van der Waals surface area contributed by atoms with E-state index in [1.807, 2.05) is 39.0 Å². The molecule has 0 fully saturated rings. The number of nitro groups is 1. The molecule has 0 aliphatic heterocycles. The fourth-order valence-electron chi connectivity index (χ4n) is 3.22. The number of carbonyl (C=O) groups excluding carboxylic acids is 1. The summed E-state index contributed by atoms with van der Waals surface area (Å²) in [6.07, 6.45) is 3.62. The molecule has 28 heavy (non-hydrogen) atoms. The zero-order chi connectivity index (χ0) is 20.3. The minimum absolute atomic E-state index is 0.0348. The summed E-state index contributed by atoms with van der Waals surface area (Å²) in [5.41, 5.74) is 2.40. The molecule has 0 spiro atoms. The van der Waals surface area contributed by atoms with Crippen molar-refractivity contribution in [3.63, 3.8) is 0 Å². The third kappa shape index (κ3) is 4.97. The molecule has 1 unspecified atom stereocenters. The number of anilines is 2. The molecule has 2 aromatic rings. The Kier molecular flexibility index (Phi) is 5.48. The largest absolute Gasteiger partial charge is 0.444 e. The normalized spacial score (nSPS) is 16.0. The fourth-order valence-corrected chi connectivity index (χ4v) is 3.22. The van der Waals surface area contributed by atoms with Crippen molar-refractivity contribution in [1.82, 2.24) is 4.98 Å². The number of hydrogen-bond acceptors (Lipinski definition) is 6. The summed E-state index contributed by atoms with van der Waals surface area (Å²) in [6.45, 7) is 5.46. The van der Waals surface area contributed by atoms with Crippen molar-refractivity contribution in [2.45, 2.75) is 51.7 Å². The molecule has 3 rings (SSSR count). The molecule has 0 saturated heterocycles. The quantitative estimate of drug-likeness (QED) is 0.578. The molecule has 1 amide bonds. The Morgan fingerprint density at radius 1 is 1.29 bits per heavy atom. The number of benzene rings is 1. The summed E-state index contributed by atoms with van der Waals surface area (Å²) in [6, 6.07) is 8.93. The van der Waals surface area contributed by atoms with Gasteiger partial charge in [-0.2, -0.15) is 0 Å². The van der Waals surface area contributed by atoms with Gasteiger partial charge in [-0.1, -0.05) is 6.07 Å². The average Bonchev–Trinajstić information content (AvgIpc) is 2.60. The Labute approximate surface area is 163 Å². The lowest BCUT2D eigenvalue weighted by Crippen LogP contribution is -2.27. The zero-order valence-electron chi connectivity index (χ0n) is 16.2. The van der Waals surface area contributed by atoms with Crippen LogP contribution < -0.4 is 10.6 Å². The molecule has 0 radical (unpaired) electrons. The fraction of sp³-hybridized carbons (Fsp3) is 0.400. The standard InChI is InChI=1S/C20H24N4O4/c1-20(2,3)28-19(25)22-14-7-9-16-13(11-14)5-4-6-17(16)23-18-10-8-15(12-21-18)24(26)27/h7-12,17H,4-6H2,1-3H3,(H,21,23)(H,22,25). The highest BCUT2D eigenvalue weighted by Crippen LogP contribution is 2.34. The van der Waals surface area contributed by atoms with Crippen LogP contribution in [-0.2, 0) is 11.2 Å². The van der Waals surface area contributed by atoms with Crippen molar-refractivity contribution in [2.75, 3.05) is 10.6 Å². The van der Waals surface area contributed by atoms with Crippen LogP contribution in [0.3, 0.4) is 0 Å². The number of hydrogen-bond donors (Lipinski definition) is 2. The lowest BCUT2D eigenvalue weighted by Gasteiger charge is -2.27. The van der Waals surface area contributed by atoms with Gasteiger partial charge in [0.1, 0.15) is 17.6 Å². The Morgan fingerprint density at radius 2 is 2.07 bits per heavy atom. The minimum atomic E-state index is -0.551. The number of pyridine rings is 1. The van der Waals surface area contributed by atoms with Gasteiger partial charge >= 0.3 is 6.09 Å². The molecule has 8 heteroatoms. The van der Waals surface area contributed by atoms with Gasteiger partial charge in [-0.3, -0.25) is 15.4 Å². The van der Waals surface area contributed by atoms with Gasteiger partial charge in [0.05, 0.1) is 11.0 Å². The number of amides is 1. The predicted octanol–water partition coefficient (Wildman–Crippen LogP) is 4.83. The number of aromatic nitrogens is 1. The summed E-state index contributed by atoms with van der Waals surface area (Å²) in [5, 5.41) is 16.9. The van der Waals surface area contributed by atoms with Crippen LogP contribution in [0, 0.1) is 10.1 Å². The van der Waals surface area contributed by atoms with Gasteiger partial charge in [-0.25, -0.2) is 9.78 Å². The van der Waals surface area contributed by atoms with Crippen LogP contribution in [0.1, 0.15) is 50.8 Å². The molecule has 1 atom stereocenters. The second-order valence-corrected chi connectivity index (χ2v) is 7.79. The van der Waals surface area contributed by atoms with E-state index in [0.29, 0.717) is 11.5 Å². The Bertz CT molecular complexity index is 875. The van der Waals surface area contributed by atoms with Crippen LogP contribution in [0.5, 0.6) is 0 Å². The first kappa shape index (κ1) is 19.6. The maximum atomic E-state index is 12.0. The van der Waals surface area contributed by atoms with Gasteiger partial charge in [0.15, 0.2) is 0 Å². The number of nitrogens with one attached hydrogen (secondary N) is 2. The lowest BCUT2D eigenvalue weighted by molar-refractivity contribution is -0.385. The minimum Gasteiger partial charge on any atom is -0.444 e. The highest BCUT2D eigenvalue weighted by Gasteiger charge is 2.22. The van der Waals surface area contributed by atoms with Crippen molar-refractivity contribution in [3.8, 4) is 0 Å². The van der Waals surface area contributed by atoms with Gasteiger partial charge < -0.3 is 10.1 Å². The second kappa shape index (κ2) is 7.84. The SMILES string of the molecule is CC(C)(C)OC(=O)Nc1ccc2c(c1)CCCC2Nc1ccc([N+](=O)[O-])cn1. The van der Waals surface area contributed by atoms with Gasteiger partial charge in [0.25, 0.3) is 5.69 Å². The monoisotopic (exact) mass is 384 g/mol. The molecule has 148 valence electrons. The van der Waals surface area contributed by atoms with Crippen molar-refractivity contribution in [1.29, 1.82) is 0 Å². The van der Waals surface area contributed by atoms with Crippen LogP contribution in [-0.4, -0.2) is 21.6 Å². The lowest BCUT2D eigenvalue weighted by atomic mass is 9.87. The summed E-state index contributed by atoms with van der Waals surface area (Å²) >= 11 is 0. The average molecular weight is 384 g/mol. The van der Waals surface area contributed by atoms with E-state index >= 15 is 0 Å². The summed E-state index contributed by atoms with van der Waals surface area (Å²) in [4.78, 5) is 26.4. The number of aryl methyl sites for hydroxylation is 1. The molecule has 1 aliphatic rings. The maximum absolute atomic E-state index is 12.0. The number of carbonyl (C=O) groups is 1. The topological polar surface area (TPSA) is 106 Å². The van der Waals surface area contributed by atoms with E-state index in [1.165, 1.54) is 12.3 Å². The van der Waals surface area contributed by atoms with Gasteiger partial charge in [-0.15, -0.1) is 0 Å². The Morgan fingerprint density at radius 3 is 2.71 bits per heavy atom. The highest BCUT2D eigenvalue weighted by molar-refractivity contribution is 5.85.